The van der Waals surface area contributed by atoms with E-state index in [1.807, 2.05) is 72.8 Å². The monoisotopic (exact) mass is 440 g/mol. The molecule has 2 aromatic heterocycles. The van der Waals surface area contributed by atoms with Gasteiger partial charge in [-0.2, -0.15) is 0 Å². The minimum absolute atomic E-state index is 0.0704. The molecular formula is C29H20N4O. The number of aromatic amines is 1. The minimum atomic E-state index is -0.0704. The zero-order chi connectivity index (χ0) is 22.9. The van der Waals surface area contributed by atoms with Gasteiger partial charge in [0.25, 0.3) is 0 Å². The first-order chi connectivity index (χ1) is 16.8. The molecule has 5 nitrogen and oxygen atoms in total. The molecule has 5 heteroatoms. The van der Waals surface area contributed by atoms with Crippen molar-refractivity contribution in [3.63, 3.8) is 0 Å². The summed E-state index contributed by atoms with van der Waals surface area (Å²) in [5, 5.41) is 6.03. The number of nitrogens with one attached hydrogen (secondary N) is 2. The van der Waals surface area contributed by atoms with E-state index in [9.17, 15) is 4.79 Å². The molecule has 4 aromatic carbocycles. The number of anilines is 2. The van der Waals surface area contributed by atoms with Crippen LogP contribution in [0.2, 0.25) is 0 Å². The smallest absolute Gasteiger partial charge is 0.195 e. The summed E-state index contributed by atoms with van der Waals surface area (Å²) in [4.78, 5) is 25.6. The van der Waals surface area contributed by atoms with Crippen molar-refractivity contribution < 1.29 is 4.79 Å². The lowest BCUT2D eigenvalue weighted by atomic mass is 9.97. The molecule has 0 aliphatic rings. The maximum Gasteiger partial charge on any atom is 0.195 e. The number of carbonyl (C=O) groups is 1. The van der Waals surface area contributed by atoms with Gasteiger partial charge in [0.05, 0.1) is 10.9 Å². The van der Waals surface area contributed by atoms with Crippen LogP contribution in [0, 0.1) is 0 Å². The first-order valence-electron chi connectivity index (χ1n) is 11.0. The lowest BCUT2D eigenvalue weighted by Gasteiger charge is -2.10. The second kappa shape index (κ2) is 8.30. The normalized spacial score (nSPS) is 11.1. The van der Waals surface area contributed by atoms with E-state index in [1.54, 1.807) is 6.20 Å². The van der Waals surface area contributed by atoms with Gasteiger partial charge in [0.2, 0.25) is 0 Å². The molecule has 34 heavy (non-hydrogen) atoms. The Morgan fingerprint density at radius 1 is 0.735 bits per heavy atom. The number of nitrogens with zero attached hydrogens (tertiary/aromatic N) is 2. The Morgan fingerprint density at radius 3 is 2.41 bits per heavy atom. The van der Waals surface area contributed by atoms with Crippen LogP contribution in [-0.2, 0) is 0 Å². The summed E-state index contributed by atoms with van der Waals surface area (Å²) >= 11 is 0. The first kappa shape index (κ1) is 19.9. The van der Waals surface area contributed by atoms with E-state index in [-0.39, 0.29) is 5.78 Å². The van der Waals surface area contributed by atoms with Gasteiger partial charge in [-0.05, 0) is 34.0 Å². The standard InChI is InChI=1S/C29H20N4O/c34-27(24-15-7-11-20-10-4-5-14-23(20)24)25-17-30-28-26(25)29(32-18-31-28)33-22-13-6-12-21(16-22)19-8-2-1-3-9-19/h1-18H,(H2,30,31,32,33). The fourth-order valence-corrected chi connectivity index (χ4v) is 4.35. The van der Waals surface area contributed by atoms with Gasteiger partial charge >= 0.3 is 0 Å². The van der Waals surface area contributed by atoms with Crippen LogP contribution in [0.4, 0.5) is 11.5 Å². The van der Waals surface area contributed by atoms with E-state index in [0.29, 0.717) is 28.0 Å². The van der Waals surface area contributed by atoms with Crippen molar-refractivity contribution in [3.8, 4) is 11.1 Å². The molecule has 2 heterocycles. The van der Waals surface area contributed by atoms with Gasteiger partial charge in [-0.15, -0.1) is 0 Å². The van der Waals surface area contributed by atoms with Crippen LogP contribution in [0.25, 0.3) is 32.9 Å². The summed E-state index contributed by atoms with van der Waals surface area (Å²) in [5.41, 5.74) is 4.91. The highest BCUT2D eigenvalue weighted by Gasteiger charge is 2.20. The number of rotatable bonds is 5. The quantitative estimate of drug-likeness (QED) is 0.291. The molecule has 162 valence electrons. The predicted molar refractivity (Wildman–Crippen MR) is 136 cm³/mol. The molecule has 0 atom stereocenters. The third-order valence-corrected chi connectivity index (χ3v) is 5.98. The number of fused-ring (bicyclic) bond motifs is 2. The molecule has 2 N–H and O–H groups in total. The molecule has 6 rings (SSSR count). The van der Waals surface area contributed by atoms with Crippen LogP contribution in [0.5, 0.6) is 0 Å². The number of carbonyl (C=O) groups excluding carboxylic acids is 1. The average molecular weight is 441 g/mol. The van der Waals surface area contributed by atoms with Crippen molar-refractivity contribution in [2.75, 3.05) is 5.32 Å². The van der Waals surface area contributed by atoms with Crippen molar-refractivity contribution in [2.24, 2.45) is 0 Å². The SMILES string of the molecule is O=C(c1cccc2ccccc12)c1c[nH]c2ncnc(Nc3cccc(-c4ccccc4)c3)c12. The van der Waals surface area contributed by atoms with Crippen LogP contribution >= 0.6 is 0 Å². The molecular weight excluding hydrogens is 420 g/mol. The topological polar surface area (TPSA) is 70.7 Å². The summed E-state index contributed by atoms with van der Waals surface area (Å²) in [5.74, 6) is 0.513. The zero-order valence-electron chi connectivity index (χ0n) is 18.2. The molecule has 0 aliphatic heterocycles. The predicted octanol–water partition coefficient (Wildman–Crippen LogP) is 6.75. The summed E-state index contributed by atoms with van der Waals surface area (Å²) in [6, 6.07) is 32.0. The van der Waals surface area contributed by atoms with E-state index in [1.165, 1.54) is 6.33 Å². The molecule has 0 saturated heterocycles. The lowest BCUT2D eigenvalue weighted by molar-refractivity contribution is 0.104. The van der Waals surface area contributed by atoms with Crippen molar-refractivity contribution in [1.29, 1.82) is 0 Å². The molecule has 0 saturated carbocycles. The highest BCUT2D eigenvalue weighted by atomic mass is 16.1. The third-order valence-electron chi connectivity index (χ3n) is 5.98. The molecule has 0 amide bonds. The van der Waals surface area contributed by atoms with E-state index in [0.717, 1.165) is 27.6 Å². The molecule has 0 fully saturated rings. The van der Waals surface area contributed by atoms with Crippen LogP contribution in [-0.4, -0.2) is 20.7 Å². The zero-order valence-corrected chi connectivity index (χ0v) is 18.2. The highest BCUT2D eigenvalue weighted by Crippen LogP contribution is 2.31. The number of hydrogen-bond acceptors (Lipinski definition) is 4. The third kappa shape index (κ3) is 3.49. The Morgan fingerprint density at radius 2 is 1.50 bits per heavy atom. The van der Waals surface area contributed by atoms with E-state index < -0.39 is 0 Å². The van der Waals surface area contributed by atoms with Gasteiger partial charge in [-0.25, -0.2) is 9.97 Å². The number of H-pyrrole nitrogens is 1. The molecule has 0 aliphatic carbocycles. The summed E-state index contributed by atoms with van der Waals surface area (Å²) in [6.07, 6.45) is 3.21. The first-order valence-corrected chi connectivity index (χ1v) is 11.0. The van der Waals surface area contributed by atoms with E-state index >= 15 is 0 Å². The summed E-state index contributed by atoms with van der Waals surface area (Å²) < 4.78 is 0. The summed E-state index contributed by atoms with van der Waals surface area (Å²) in [7, 11) is 0. The maximum absolute atomic E-state index is 13.7. The average Bonchev–Trinajstić information content (AvgIpc) is 3.34. The number of ketones is 1. The Labute approximate surface area is 196 Å². The summed E-state index contributed by atoms with van der Waals surface area (Å²) in [6.45, 7) is 0. The van der Waals surface area contributed by atoms with Crippen molar-refractivity contribution in [1.82, 2.24) is 15.0 Å². The fourth-order valence-electron chi connectivity index (χ4n) is 4.35. The number of hydrogen-bond donors (Lipinski definition) is 2. The molecule has 0 spiro atoms. The Bertz CT molecular complexity index is 1650. The van der Waals surface area contributed by atoms with Gasteiger partial charge in [-0.1, -0.05) is 84.9 Å². The van der Waals surface area contributed by atoms with E-state index in [2.05, 4.69) is 44.5 Å². The van der Waals surface area contributed by atoms with Crippen LogP contribution in [0.1, 0.15) is 15.9 Å². The van der Waals surface area contributed by atoms with Crippen molar-refractivity contribution >= 4 is 39.1 Å². The molecule has 0 bridgehead atoms. The van der Waals surface area contributed by atoms with Crippen LogP contribution < -0.4 is 5.32 Å². The number of aromatic nitrogens is 3. The maximum atomic E-state index is 13.7. The van der Waals surface area contributed by atoms with Gasteiger partial charge in [-0.3, -0.25) is 4.79 Å². The Kier molecular flexibility index (Phi) is 4.85. The van der Waals surface area contributed by atoms with Crippen LogP contribution in [0.15, 0.2) is 110 Å². The van der Waals surface area contributed by atoms with Gasteiger partial charge in [0.1, 0.15) is 17.8 Å². The molecule has 6 aromatic rings. The van der Waals surface area contributed by atoms with Crippen molar-refractivity contribution in [3.05, 3.63) is 121 Å². The lowest BCUT2D eigenvalue weighted by Crippen LogP contribution is -2.03. The fraction of sp³-hybridized carbons (Fsp3) is 0. The minimum Gasteiger partial charge on any atom is -0.345 e. The molecule has 0 radical (unpaired) electrons. The Hall–Kier alpha value is -4.77. The van der Waals surface area contributed by atoms with Crippen molar-refractivity contribution in [2.45, 2.75) is 0 Å². The Balaban J connectivity index is 1.42. The van der Waals surface area contributed by atoms with Gasteiger partial charge in [0.15, 0.2) is 5.78 Å². The molecule has 0 unspecified atom stereocenters. The van der Waals surface area contributed by atoms with Gasteiger partial charge < -0.3 is 10.3 Å². The van der Waals surface area contributed by atoms with E-state index in [4.69, 9.17) is 0 Å². The highest BCUT2D eigenvalue weighted by molar-refractivity contribution is 6.22. The van der Waals surface area contributed by atoms with Gasteiger partial charge in [0, 0.05) is 17.4 Å². The number of benzene rings is 4. The second-order valence-electron chi connectivity index (χ2n) is 8.08. The second-order valence-corrected chi connectivity index (χ2v) is 8.08. The van der Waals surface area contributed by atoms with Crippen LogP contribution in [0.3, 0.4) is 0 Å². The largest absolute Gasteiger partial charge is 0.345 e.